The van der Waals surface area contributed by atoms with Crippen LogP contribution in [0.5, 0.6) is 5.75 Å². The number of nitrogens with one attached hydrogen (secondary N) is 2. The van der Waals surface area contributed by atoms with E-state index in [0.717, 1.165) is 28.8 Å². The predicted molar refractivity (Wildman–Crippen MR) is 159 cm³/mol. The fourth-order valence-corrected chi connectivity index (χ4v) is 6.67. The molecule has 1 heterocycles. The third-order valence-corrected chi connectivity index (χ3v) is 9.16. The molecule has 2 aliphatic rings. The van der Waals surface area contributed by atoms with Gasteiger partial charge in [0.2, 0.25) is 0 Å². The zero-order valence-electron chi connectivity index (χ0n) is 21.7. The van der Waals surface area contributed by atoms with Crippen molar-refractivity contribution in [2.75, 3.05) is 10.0 Å². The lowest BCUT2D eigenvalue weighted by molar-refractivity contribution is -0.384. The van der Waals surface area contributed by atoms with Crippen molar-refractivity contribution in [1.29, 1.82) is 0 Å². The monoisotopic (exact) mass is 587 g/mol. The molecule has 0 spiro atoms. The van der Waals surface area contributed by atoms with Gasteiger partial charge in [0.05, 0.1) is 15.9 Å². The number of non-ortho nitro benzene ring substituents is 1. The van der Waals surface area contributed by atoms with Crippen molar-refractivity contribution in [2.45, 2.75) is 29.9 Å². The summed E-state index contributed by atoms with van der Waals surface area (Å²) in [4.78, 5) is 10.6. The number of allylic oxidation sites excluding steroid dienone is 2. The molecule has 2 N–H and O–H groups in total. The molecular weight excluding hydrogens is 562 g/mol. The number of nitro benzene ring substituents is 1. The molecule has 4 aromatic rings. The van der Waals surface area contributed by atoms with E-state index in [1.165, 1.54) is 12.1 Å². The van der Waals surface area contributed by atoms with Crippen LogP contribution in [-0.2, 0) is 16.6 Å². The standard InChI is InChI=1S/C31H26ClN3O5S/c32-22-8-10-23(11-9-22)34-41(38,39)26-16-17-30-29(18-26)27-2-1-3-28(27)31(33-30)21-6-14-25(15-7-21)40-19-20-4-12-24(13-5-20)35(36)37/h1-2,4-18,27-28,31,33-34H,3,19H2/t27-,28+,31+/m0/s1. The van der Waals surface area contributed by atoms with Gasteiger partial charge in [-0.05, 0) is 95.8 Å². The number of nitro groups is 1. The quantitative estimate of drug-likeness (QED) is 0.126. The Balaban J connectivity index is 1.17. The number of halogens is 1. The first kappa shape index (κ1) is 26.9. The topological polar surface area (TPSA) is 111 Å². The molecule has 0 radical (unpaired) electrons. The number of sulfonamides is 1. The van der Waals surface area contributed by atoms with Crippen molar-refractivity contribution in [3.63, 3.8) is 0 Å². The molecular formula is C31H26ClN3O5S. The van der Waals surface area contributed by atoms with Gasteiger partial charge < -0.3 is 10.1 Å². The first-order valence-electron chi connectivity index (χ1n) is 13.1. The Morgan fingerprint density at radius 2 is 1.71 bits per heavy atom. The molecule has 41 heavy (non-hydrogen) atoms. The van der Waals surface area contributed by atoms with Crippen LogP contribution < -0.4 is 14.8 Å². The molecule has 0 amide bonds. The van der Waals surface area contributed by atoms with E-state index >= 15 is 0 Å². The minimum Gasteiger partial charge on any atom is -0.489 e. The summed E-state index contributed by atoms with van der Waals surface area (Å²) in [5, 5.41) is 15.0. The van der Waals surface area contributed by atoms with Gasteiger partial charge in [-0.3, -0.25) is 14.8 Å². The Labute approximate surface area is 242 Å². The van der Waals surface area contributed by atoms with Gasteiger partial charge in [-0.15, -0.1) is 0 Å². The first-order valence-corrected chi connectivity index (χ1v) is 14.9. The van der Waals surface area contributed by atoms with Crippen molar-refractivity contribution in [3.05, 3.63) is 135 Å². The predicted octanol–water partition coefficient (Wildman–Crippen LogP) is 7.45. The zero-order valence-corrected chi connectivity index (χ0v) is 23.3. The minimum atomic E-state index is -3.78. The Kier molecular flexibility index (Phi) is 7.15. The average molecular weight is 588 g/mol. The highest BCUT2D eigenvalue weighted by Crippen LogP contribution is 2.50. The number of anilines is 2. The summed E-state index contributed by atoms with van der Waals surface area (Å²) in [5.41, 5.74) is 4.32. The molecule has 0 saturated heterocycles. The zero-order chi connectivity index (χ0) is 28.6. The molecule has 8 nitrogen and oxygen atoms in total. The molecule has 6 rings (SSSR count). The molecule has 0 unspecified atom stereocenters. The summed E-state index contributed by atoms with van der Waals surface area (Å²) in [6, 6.07) is 26.0. The Morgan fingerprint density at radius 1 is 0.976 bits per heavy atom. The van der Waals surface area contributed by atoms with Crippen molar-refractivity contribution < 1.29 is 18.1 Å². The summed E-state index contributed by atoms with van der Waals surface area (Å²) in [6.45, 7) is 0.305. The molecule has 4 aromatic carbocycles. The second-order valence-electron chi connectivity index (χ2n) is 10.1. The number of rotatable bonds is 8. The van der Waals surface area contributed by atoms with Crippen molar-refractivity contribution in [2.24, 2.45) is 5.92 Å². The SMILES string of the molecule is O=[N+]([O-])c1ccc(COc2ccc([C@H]3Nc4ccc(S(=O)(=O)Nc5ccc(Cl)cc5)cc4[C@H]4C=CC[C@H]43)cc2)cc1. The van der Waals surface area contributed by atoms with E-state index in [1.807, 2.05) is 30.3 Å². The van der Waals surface area contributed by atoms with Crippen molar-refractivity contribution in [1.82, 2.24) is 0 Å². The number of hydrogen-bond donors (Lipinski definition) is 2. The molecule has 10 heteroatoms. The summed E-state index contributed by atoms with van der Waals surface area (Å²) in [6.07, 6.45) is 5.20. The van der Waals surface area contributed by atoms with Crippen LogP contribution in [0.4, 0.5) is 17.1 Å². The second kappa shape index (κ2) is 10.9. The maximum atomic E-state index is 13.1. The molecule has 0 fully saturated rings. The van der Waals surface area contributed by atoms with Crippen LogP contribution in [0.25, 0.3) is 0 Å². The highest BCUT2D eigenvalue weighted by atomic mass is 35.5. The summed E-state index contributed by atoms with van der Waals surface area (Å²) in [5.74, 6) is 1.02. The normalized spacial score (nSPS) is 19.1. The lowest BCUT2D eigenvalue weighted by Crippen LogP contribution is -2.29. The fraction of sp³-hybridized carbons (Fsp3) is 0.161. The minimum absolute atomic E-state index is 0.0425. The summed E-state index contributed by atoms with van der Waals surface area (Å²) >= 11 is 5.93. The maximum absolute atomic E-state index is 13.1. The average Bonchev–Trinajstić information content (AvgIpc) is 3.48. The molecule has 3 atom stereocenters. The van der Waals surface area contributed by atoms with E-state index in [1.54, 1.807) is 48.5 Å². The van der Waals surface area contributed by atoms with E-state index in [9.17, 15) is 18.5 Å². The highest BCUT2D eigenvalue weighted by Gasteiger charge is 2.38. The van der Waals surface area contributed by atoms with Gasteiger partial charge in [-0.2, -0.15) is 0 Å². The Hall–Kier alpha value is -4.34. The number of fused-ring (bicyclic) bond motifs is 3. The van der Waals surface area contributed by atoms with Gasteiger partial charge in [0.25, 0.3) is 15.7 Å². The van der Waals surface area contributed by atoms with Gasteiger partial charge in [-0.25, -0.2) is 8.42 Å². The van der Waals surface area contributed by atoms with Crippen molar-refractivity contribution >= 4 is 38.7 Å². The molecule has 1 aliphatic heterocycles. The van der Waals surface area contributed by atoms with Gasteiger partial charge in [0.15, 0.2) is 0 Å². The van der Waals surface area contributed by atoms with Crippen LogP contribution in [-0.4, -0.2) is 13.3 Å². The third-order valence-electron chi connectivity index (χ3n) is 7.53. The van der Waals surface area contributed by atoms with Crippen molar-refractivity contribution in [3.8, 4) is 5.75 Å². The van der Waals surface area contributed by atoms with Crippen LogP contribution in [0.1, 0.15) is 35.1 Å². The van der Waals surface area contributed by atoms with Crippen LogP contribution in [0, 0.1) is 16.0 Å². The number of nitrogens with zero attached hydrogens (tertiary/aromatic N) is 1. The lowest BCUT2D eigenvalue weighted by Gasteiger charge is -2.37. The van der Waals surface area contributed by atoms with Crippen LogP contribution in [0.15, 0.2) is 108 Å². The van der Waals surface area contributed by atoms with E-state index in [0.29, 0.717) is 23.1 Å². The van der Waals surface area contributed by atoms with Crippen LogP contribution >= 0.6 is 11.6 Å². The molecule has 208 valence electrons. The van der Waals surface area contributed by atoms with E-state index in [4.69, 9.17) is 16.3 Å². The largest absolute Gasteiger partial charge is 0.489 e. The van der Waals surface area contributed by atoms with Crippen LogP contribution in [0.2, 0.25) is 5.02 Å². The van der Waals surface area contributed by atoms with E-state index < -0.39 is 14.9 Å². The number of benzene rings is 4. The fourth-order valence-electron chi connectivity index (χ4n) is 5.45. The smallest absolute Gasteiger partial charge is 0.269 e. The summed E-state index contributed by atoms with van der Waals surface area (Å²) < 4.78 is 34.8. The highest BCUT2D eigenvalue weighted by molar-refractivity contribution is 7.92. The van der Waals surface area contributed by atoms with Gasteiger partial charge in [0, 0.05) is 34.4 Å². The molecule has 0 aromatic heterocycles. The lowest BCUT2D eigenvalue weighted by atomic mass is 9.77. The second-order valence-corrected chi connectivity index (χ2v) is 12.2. The Morgan fingerprint density at radius 3 is 2.41 bits per heavy atom. The number of hydrogen-bond acceptors (Lipinski definition) is 6. The van der Waals surface area contributed by atoms with E-state index in [-0.39, 0.29) is 28.5 Å². The van der Waals surface area contributed by atoms with Gasteiger partial charge in [-0.1, -0.05) is 35.9 Å². The number of ether oxygens (including phenoxy) is 1. The molecule has 0 saturated carbocycles. The van der Waals surface area contributed by atoms with E-state index in [2.05, 4.69) is 22.2 Å². The molecule has 0 bridgehead atoms. The molecule has 1 aliphatic carbocycles. The third kappa shape index (κ3) is 5.64. The van der Waals surface area contributed by atoms with Gasteiger partial charge >= 0.3 is 0 Å². The Bertz CT molecular complexity index is 1720. The first-order chi connectivity index (χ1) is 19.8. The summed E-state index contributed by atoms with van der Waals surface area (Å²) in [7, 11) is -3.78. The maximum Gasteiger partial charge on any atom is 0.269 e. The van der Waals surface area contributed by atoms with Crippen LogP contribution in [0.3, 0.4) is 0 Å². The van der Waals surface area contributed by atoms with Gasteiger partial charge in [0.1, 0.15) is 12.4 Å².